The van der Waals surface area contributed by atoms with Crippen LogP contribution in [0, 0.1) is 0 Å². The highest BCUT2D eigenvalue weighted by Gasteiger charge is 2.04. The summed E-state index contributed by atoms with van der Waals surface area (Å²) in [5, 5.41) is -0.0291. The van der Waals surface area contributed by atoms with Gasteiger partial charge in [-0.3, -0.25) is 0 Å². The summed E-state index contributed by atoms with van der Waals surface area (Å²) in [7, 11) is -4.62. The molecule has 1 aromatic carbocycles. The molecule has 1 rings (SSSR count). The molecule has 1 aromatic rings. The van der Waals surface area contributed by atoms with Gasteiger partial charge < -0.3 is 14.4 Å². The smallest absolute Gasteiger partial charge is 0.0125 e. The first-order valence-corrected chi connectivity index (χ1v) is 8.20. The molecule has 4 heteroatoms. The summed E-state index contributed by atoms with van der Waals surface area (Å²) < 4.78 is 11.1. The van der Waals surface area contributed by atoms with Crippen LogP contribution in [0.2, 0.25) is 0 Å². The van der Waals surface area contributed by atoms with Crippen molar-refractivity contribution in [1.29, 1.82) is 0 Å². The summed E-state index contributed by atoms with van der Waals surface area (Å²) in [6, 6.07) is 6.53. The molecule has 0 fully saturated rings. The molecule has 0 aliphatic carbocycles. The van der Waals surface area contributed by atoms with Crippen LogP contribution in [-0.2, 0) is 11.0 Å². The van der Waals surface area contributed by atoms with E-state index in [-0.39, 0.29) is 5.30 Å². The van der Waals surface area contributed by atoms with Crippen molar-refractivity contribution in [2.24, 2.45) is 0 Å². The first-order valence-electron chi connectivity index (χ1n) is 6.66. The highest BCUT2D eigenvalue weighted by Crippen LogP contribution is 2.25. The van der Waals surface area contributed by atoms with Crippen LogP contribution in [0.1, 0.15) is 51.0 Å². The maximum atomic E-state index is 11.1. The predicted molar refractivity (Wildman–Crippen MR) is 70.8 cm³/mol. The van der Waals surface area contributed by atoms with Gasteiger partial charge >= 0.3 is 0 Å². The quantitative estimate of drug-likeness (QED) is 0.536. The van der Waals surface area contributed by atoms with Crippen LogP contribution in [-0.4, -0.2) is 0 Å². The molecule has 0 radical (unpaired) electrons. The molecule has 0 aliphatic rings. The molecule has 0 aromatic heterocycles. The van der Waals surface area contributed by atoms with Crippen LogP contribution in [0.15, 0.2) is 24.3 Å². The molecule has 0 saturated heterocycles. The van der Waals surface area contributed by atoms with Gasteiger partial charge in [0.2, 0.25) is 0 Å². The van der Waals surface area contributed by atoms with E-state index in [1.165, 1.54) is 31.7 Å². The van der Waals surface area contributed by atoms with Crippen molar-refractivity contribution < 1.29 is 14.4 Å². The van der Waals surface area contributed by atoms with Gasteiger partial charge in [-0.1, -0.05) is 63.3 Å². The van der Waals surface area contributed by atoms with E-state index in [1.54, 1.807) is 18.2 Å². The van der Waals surface area contributed by atoms with Crippen LogP contribution in [0.5, 0.6) is 0 Å². The van der Waals surface area contributed by atoms with E-state index >= 15 is 0 Å². The van der Waals surface area contributed by atoms with Crippen LogP contribution >= 0.6 is 7.60 Å². The molecular formula is C14H21O3P-2. The zero-order valence-corrected chi connectivity index (χ0v) is 11.8. The van der Waals surface area contributed by atoms with Gasteiger partial charge in [0, 0.05) is 0 Å². The van der Waals surface area contributed by atoms with Crippen molar-refractivity contribution in [3.8, 4) is 0 Å². The number of unbranched alkanes of at least 4 members (excludes halogenated alkanes) is 5. The van der Waals surface area contributed by atoms with E-state index in [2.05, 4.69) is 6.92 Å². The fourth-order valence-electron chi connectivity index (χ4n) is 2.09. The Morgan fingerprint density at radius 3 is 2.28 bits per heavy atom. The van der Waals surface area contributed by atoms with Crippen molar-refractivity contribution in [2.45, 2.75) is 51.9 Å². The van der Waals surface area contributed by atoms with Crippen LogP contribution < -0.4 is 15.1 Å². The highest BCUT2D eigenvalue weighted by atomic mass is 31.2. The van der Waals surface area contributed by atoms with Crippen molar-refractivity contribution in [2.75, 3.05) is 0 Å². The third-order valence-electron chi connectivity index (χ3n) is 3.09. The van der Waals surface area contributed by atoms with Crippen molar-refractivity contribution in [1.82, 2.24) is 0 Å². The van der Waals surface area contributed by atoms with E-state index in [9.17, 15) is 14.4 Å². The molecule has 0 heterocycles. The first kappa shape index (κ1) is 15.4. The highest BCUT2D eigenvalue weighted by molar-refractivity contribution is 7.57. The van der Waals surface area contributed by atoms with Crippen LogP contribution in [0.25, 0.3) is 0 Å². The normalized spacial score (nSPS) is 11.7. The molecular weight excluding hydrogens is 247 g/mol. The van der Waals surface area contributed by atoms with Crippen LogP contribution in [0.3, 0.4) is 0 Å². The molecule has 0 bridgehead atoms. The third kappa shape index (κ3) is 5.34. The minimum Gasteiger partial charge on any atom is -0.807 e. The number of hydrogen-bond acceptors (Lipinski definition) is 3. The Labute approximate surface area is 109 Å². The Morgan fingerprint density at radius 1 is 1.00 bits per heavy atom. The Bertz CT molecular complexity index is 398. The van der Waals surface area contributed by atoms with Crippen molar-refractivity contribution in [3.63, 3.8) is 0 Å². The zero-order chi connectivity index (χ0) is 13.4. The lowest BCUT2D eigenvalue weighted by molar-refractivity contribution is -0.308. The number of aryl methyl sites for hydroxylation is 1. The predicted octanol–water partition coefficient (Wildman–Crippen LogP) is 2.13. The average Bonchev–Trinajstić information content (AvgIpc) is 2.33. The molecule has 0 unspecified atom stereocenters. The fourth-order valence-corrected chi connectivity index (χ4v) is 2.89. The standard InChI is InChI=1S/C14H23O3P/c1-2-3-4-5-6-7-10-13-11-8-9-12-14(13)18(15,16)17/h8-9,11-12H,2-7,10H2,1H3,(H2,15,16,17)/p-2. The average molecular weight is 268 g/mol. The summed E-state index contributed by atoms with van der Waals surface area (Å²) in [5.41, 5.74) is 0.668. The summed E-state index contributed by atoms with van der Waals surface area (Å²) in [4.78, 5) is 22.2. The Hall–Kier alpha value is -0.630. The Morgan fingerprint density at radius 2 is 1.61 bits per heavy atom. The second-order valence-corrected chi connectivity index (χ2v) is 6.12. The van der Waals surface area contributed by atoms with E-state index < -0.39 is 7.60 Å². The fraction of sp³-hybridized carbons (Fsp3) is 0.571. The maximum absolute atomic E-state index is 11.1. The Kier molecular flexibility index (Phi) is 6.62. The summed E-state index contributed by atoms with van der Waals surface area (Å²) in [5.74, 6) is 0. The lowest BCUT2D eigenvalue weighted by Gasteiger charge is -2.32. The third-order valence-corrected chi connectivity index (χ3v) is 4.11. The second kappa shape index (κ2) is 7.73. The topological polar surface area (TPSA) is 63.2 Å². The summed E-state index contributed by atoms with van der Waals surface area (Å²) >= 11 is 0. The van der Waals surface area contributed by atoms with Gasteiger partial charge in [0.15, 0.2) is 0 Å². The van der Waals surface area contributed by atoms with E-state index in [4.69, 9.17) is 0 Å². The van der Waals surface area contributed by atoms with Gasteiger partial charge in [-0.2, -0.15) is 0 Å². The van der Waals surface area contributed by atoms with Gasteiger partial charge in [-0.05, 0) is 31.3 Å². The molecule has 0 N–H and O–H groups in total. The largest absolute Gasteiger partial charge is 0.807 e. The first-order chi connectivity index (χ1) is 8.55. The monoisotopic (exact) mass is 268 g/mol. The Balaban J connectivity index is 2.45. The van der Waals surface area contributed by atoms with Crippen molar-refractivity contribution >= 4 is 12.9 Å². The minimum atomic E-state index is -4.62. The minimum absolute atomic E-state index is 0.0291. The molecule has 18 heavy (non-hydrogen) atoms. The number of hydrogen-bond donors (Lipinski definition) is 0. The zero-order valence-electron chi connectivity index (χ0n) is 10.9. The maximum Gasteiger partial charge on any atom is -0.0125 e. The van der Waals surface area contributed by atoms with E-state index in [0.717, 1.165) is 12.8 Å². The lowest BCUT2D eigenvalue weighted by atomic mass is 10.1. The van der Waals surface area contributed by atoms with Gasteiger partial charge in [-0.25, -0.2) is 0 Å². The molecule has 0 saturated carbocycles. The summed E-state index contributed by atoms with van der Waals surface area (Å²) in [6.45, 7) is 2.18. The van der Waals surface area contributed by atoms with Gasteiger partial charge in [0.1, 0.15) is 0 Å². The SMILES string of the molecule is CCCCCCCCc1ccccc1P(=O)([O-])[O-]. The van der Waals surface area contributed by atoms with E-state index in [1.807, 2.05) is 0 Å². The lowest BCUT2D eigenvalue weighted by Crippen LogP contribution is -2.27. The van der Waals surface area contributed by atoms with Gasteiger partial charge in [-0.15, -0.1) is 0 Å². The van der Waals surface area contributed by atoms with E-state index in [0.29, 0.717) is 12.0 Å². The molecule has 102 valence electrons. The van der Waals surface area contributed by atoms with Crippen LogP contribution in [0.4, 0.5) is 0 Å². The molecule has 3 nitrogen and oxygen atoms in total. The number of rotatable bonds is 8. The van der Waals surface area contributed by atoms with Gasteiger partial charge in [0.25, 0.3) is 0 Å². The van der Waals surface area contributed by atoms with Crippen molar-refractivity contribution in [3.05, 3.63) is 29.8 Å². The van der Waals surface area contributed by atoms with Gasteiger partial charge in [0.05, 0.1) is 0 Å². The molecule has 0 atom stereocenters. The molecule has 0 spiro atoms. The second-order valence-electron chi connectivity index (χ2n) is 4.64. The molecule has 0 aliphatic heterocycles. The molecule has 0 amide bonds. The number of benzene rings is 1. The summed E-state index contributed by atoms with van der Waals surface area (Å²) in [6.07, 6.45) is 7.61.